The lowest BCUT2D eigenvalue weighted by molar-refractivity contribution is -0.142. The van der Waals surface area contributed by atoms with Crippen LogP contribution in [0, 0.1) is 11.8 Å². The highest BCUT2D eigenvalue weighted by Gasteiger charge is 2.42. The monoisotopic (exact) mass is 1500 g/mol. The Morgan fingerprint density at radius 1 is 0.743 bits per heavy atom. The Kier molecular flexibility index (Phi) is 29.0. The number of hydrogen-bond donors (Lipinski definition) is 12. The number of anilines is 2. The maximum atomic E-state index is 13.7. The molecule has 2 unspecified atom stereocenters. The van der Waals surface area contributed by atoms with E-state index < -0.39 is 52.5 Å². The number of nitrogen functional groups attached to an aromatic ring is 1. The largest absolute Gasteiger partial charge is 0.511 e. The van der Waals surface area contributed by atoms with Gasteiger partial charge in [0.15, 0.2) is 22.7 Å². The van der Waals surface area contributed by atoms with Crippen molar-refractivity contribution in [3.05, 3.63) is 156 Å². The number of benzene rings is 1. The maximum absolute atomic E-state index is 13.7. The lowest BCUT2D eigenvalue weighted by Crippen LogP contribution is -2.50. The molecule has 0 saturated carbocycles. The molecule has 1 aliphatic carbocycles. The number of aliphatic carboxylic acids is 2. The SMILES string of the molecule is C=CC1=C(C)C2=NC1=CC1=NC(=CC3=C(C)C4=C(O)CC(=C5NC(=C2)[C@@H](C)[C@@H]5CCC(=O)NC(CCCCNC(C)(C)C(=O)COCC(=O)NCCCOCCOCCOCCCNC(C)(CC)C(=O)CC[C@H](NC(=O)c2ccc(NCc5cnc6nc(N)[nH]c(=O)c6n5)cc2)C(=O)O)C(=O)O)C4=N3)C(CC)=C1C. The van der Waals surface area contributed by atoms with Crippen molar-refractivity contribution in [3.63, 3.8) is 0 Å². The molecule has 13 N–H and O–H groups in total. The Bertz CT molecular complexity index is 4440. The molecular weight excluding hydrogens is 1400 g/mol. The van der Waals surface area contributed by atoms with Crippen LogP contribution in [0.5, 0.6) is 0 Å². The number of unbranched alkanes of at least 4 members (excludes halogenated alkanes) is 1. The molecule has 5 atom stereocenters. The van der Waals surface area contributed by atoms with Gasteiger partial charge in [-0.05, 0) is 177 Å². The number of aromatic amines is 1. The van der Waals surface area contributed by atoms with Gasteiger partial charge in [-0.3, -0.25) is 33.8 Å². The van der Waals surface area contributed by atoms with Crippen LogP contribution in [0.15, 0.2) is 154 Å². The number of nitrogens with one attached hydrogen (secondary N) is 8. The summed E-state index contributed by atoms with van der Waals surface area (Å²) < 4.78 is 22.4. The minimum Gasteiger partial charge on any atom is -0.511 e. The summed E-state index contributed by atoms with van der Waals surface area (Å²) in [7, 11) is 0. The number of allylic oxidation sites excluding steroid dienone is 12. The fourth-order valence-corrected chi connectivity index (χ4v) is 13.6. The molecule has 6 aliphatic rings. The number of aliphatic hydroxyl groups is 1. The molecule has 3 amide bonds. The van der Waals surface area contributed by atoms with E-state index in [1.54, 1.807) is 32.9 Å². The zero-order valence-electron chi connectivity index (χ0n) is 63.7. The first-order chi connectivity index (χ1) is 52.1. The average Bonchev–Trinajstić information content (AvgIpc) is 1.58. The minimum atomic E-state index is -1.31. The van der Waals surface area contributed by atoms with E-state index in [2.05, 4.69) is 84.5 Å². The van der Waals surface area contributed by atoms with E-state index in [-0.39, 0.29) is 110 Å². The van der Waals surface area contributed by atoms with E-state index in [0.717, 1.165) is 79.8 Å². The Balaban J connectivity index is 0.588. The Morgan fingerprint density at radius 3 is 2.10 bits per heavy atom. The average molecular weight is 1500 g/mol. The summed E-state index contributed by atoms with van der Waals surface area (Å²) in [5.41, 5.74) is 17.4. The molecule has 30 heteroatoms. The normalized spacial score (nSPS) is 17.8. The van der Waals surface area contributed by atoms with Crippen LogP contribution in [0.1, 0.15) is 155 Å². The molecular formula is C79H103N15O15. The summed E-state index contributed by atoms with van der Waals surface area (Å²) in [6.07, 6.45) is 13.3. The number of carboxylic acids is 2. The standard InChI is InChI=1S/C79H103N15O15/c1-11-51-44(4)57-37-59-46(6)53(69(90-59)54-36-63(95)68-47(7)60(91-70(54)68)39-62-52(12-2)45(5)58(88-62)38-61(51)87-57)23-26-66(98)89-55(75(102)103)18-14-15-28-84-78(8,9)65(97)42-109-43-67(99)81-27-16-30-106-32-34-108-35-33-107-31-17-29-85-79(10,13-3)64(96)25-24-56(76(104)105)92-73(100)48-19-21-49(22-20-48)82-40-50-41-83-72-71(86-50)74(101)94-77(80)93-72/h11,19-22,37-39,41,46,53,55-56,82,84-85,90,95H,1,12-18,23-36,40,42-43H2,2-10H3,(H,81,99)(H,89,98)(H,92,100)(H,102,103)(H,104,105)(H3,80,83,93,94,101)/t46-,53-,55?,56-,79?/m0/s1. The summed E-state index contributed by atoms with van der Waals surface area (Å²) in [6, 6.07) is 3.88. The Labute approximate surface area is 633 Å². The van der Waals surface area contributed by atoms with Crippen molar-refractivity contribution in [2.75, 3.05) is 83.5 Å². The first-order valence-corrected chi connectivity index (χ1v) is 37.3. The fourth-order valence-electron chi connectivity index (χ4n) is 13.6. The van der Waals surface area contributed by atoms with Gasteiger partial charge in [0, 0.05) is 90.2 Å². The van der Waals surface area contributed by atoms with Gasteiger partial charge in [0.25, 0.3) is 11.5 Å². The van der Waals surface area contributed by atoms with Gasteiger partial charge >= 0.3 is 11.9 Å². The molecule has 109 heavy (non-hydrogen) atoms. The number of nitrogens with zero attached hydrogens (tertiary/aromatic N) is 6. The van der Waals surface area contributed by atoms with E-state index in [1.807, 2.05) is 45.1 Å². The third kappa shape index (κ3) is 21.4. The first-order valence-electron chi connectivity index (χ1n) is 37.3. The number of ketones is 2. The summed E-state index contributed by atoms with van der Waals surface area (Å²) >= 11 is 0. The molecule has 0 radical (unpaired) electrons. The molecule has 5 aliphatic heterocycles. The van der Waals surface area contributed by atoms with E-state index in [9.17, 15) is 53.7 Å². The van der Waals surface area contributed by atoms with Crippen molar-refractivity contribution in [2.24, 2.45) is 26.8 Å². The van der Waals surface area contributed by atoms with Gasteiger partial charge in [-0.2, -0.15) is 4.98 Å². The number of aromatic nitrogens is 4. The minimum absolute atomic E-state index is 0.0412. The topological polar surface area (TPSA) is 436 Å². The van der Waals surface area contributed by atoms with Crippen molar-refractivity contribution in [3.8, 4) is 0 Å². The van der Waals surface area contributed by atoms with Crippen molar-refractivity contribution >= 4 is 81.2 Å². The summed E-state index contributed by atoms with van der Waals surface area (Å²) in [5.74, 6) is -4.44. The highest BCUT2D eigenvalue weighted by molar-refractivity contribution is 6.21. The lowest BCUT2D eigenvalue weighted by atomic mass is 9.86. The highest BCUT2D eigenvalue weighted by atomic mass is 16.5. The van der Waals surface area contributed by atoms with Gasteiger partial charge in [0.05, 0.1) is 90.2 Å². The number of hydrogen-bond acceptors (Lipinski definition) is 24. The van der Waals surface area contributed by atoms with Crippen LogP contribution < -0.4 is 48.5 Å². The molecule has 1 aromatic carbocycles. The molecule has 0 spiro atoms. The number of aliphatic imine (C=N–C) groups is 3. The van der Waals surface area contributed by atoms with Crippen LogP contribution in [-0.2, 0) is 54.3 Å². The van der Waals surface area contributed by atoms with Gasteiger partial charge in [-0.15, -0.1) is 0 Å². The number of Topliss-reactive ketones (excluding diaryl/α,β-unsaturated/α-hetero) is 2. The predicted octanol–water partition coefficient (Wildman–Crippen LogP) is 7.48. The molecule has 2 aromatic heterocycles. The summed E-state index contributed by atoms with van der Waals surface area (Å²) in [6.45, 7) is 24.3. The lowest BCUT2D eigenvalue weighted by Gasteiger charge is -2.29. The third-order valence-corrected chi connectivity index (χ3v) is 20.5. The van der Waals surface area contributed by atoms with Crippen molar-refractivity contribution < 1.29 is 67.8 Å². The van der Waals surface area contributed by atoms with E-state index >= 15 is 0 Å². The highest BCUT2D eigenvalue weighted by Crippen LogP contribution is 2.47. The van der Waals surface area contributed by atoms with Crippen LogP contribution in [0.25, 0.3) is 11.2 Å². The molecule has 1 fully saturated rings. The van der Waals surface area contributed by atoms with Crippen molar-refractivity contribution in [2.45, 2.75) is 169 Å². The Morgan fingerprint density at radius 2 is 1.41 bits per heavy atom. The zero-order chi connectivity index (χ0) is 78.7. The van der Waals surface area contributed by atoms with E-state index in [0.29, 0.717) is 120 Å². The number of nitrogens with two attached hydrogens (primary N) is 1. The summed E-state index contributed by atoms with van der Waals surface area (Å²) in [5, 5.41) is 53.1. The molecule has 8 bridgehead atoms. The number of fused-ring (bicyclic) bond motifs is 6. The number of amides is 3. The molecule has 1 saturated heterocycles. The maximum Gasteiger partial charge on any atom is 0.326 e. The van der Waals surface area contributed by atoms with E-state index in [1.165, 1.54) is 18.3 Å². The number of aliphatic hydroxyl groups excluding tert-OH is 1. The predicted molar refractivity (Wildman–Crippen MR) is 413 cm³/mol. The van der Waals surface area contributed by atoms with Crippen LogP contribution in [-0.4, -0.2) is 189 Å². The van der Waals surface area contributed by atoms with Crippen LogP contribution in [0.2, 0.25) is 0 Å². The Hall–Kier alpha value is -10.2. The first kappa shape index (κ1) is 82.8. The number of rotatable bonds is 44. The van der Waals surface area contributed by atoms with Gasteiger partial charge < -0.3 is 77.2 Å². The fraction of sp³-hybridized carbons (Fsp3) is 0.494. The van der Waals surface area contributed by atoms with Gasteiger partial charge in [-0.1, -0.05) is 33.4 Å². The molecule has 7 heterocycles. The van der Waals surface area contributed by atoms with Crippen molar-refractivity contribution in [1.29, 1.82) is 0 Å². The molecule has 30 nitrogen and oxygen atoms in total. The zero-order valence-corrected chi connectivity index (χ0v) is 63.7. The number of carbonyl (C=O) groups excluding carboxylic acids is 5. The van der Waals surface area contributed by atoms with Crippen LogP contribution in [0.3, 0.4) is 0 Å². The third-order valence-electron chi connectivity index (χ3n) is 20.5. The van der Waals surface area contributed by atoms with E-state index in [4.69, 9.17) is 39.7 Å². The second-order valence-electron chi connectivity index (χ2n) is 28.4. The number of H-pyrrole nitrogens is 1. The van der Waals surface area contributed by atoms with Crippen LogP contribution >= 0.6 is 0 Å². The molecule has 3 aromatic rings. The second kappa shape index (κ2) is 38.2. The molecule has 584 valence electrons. The van der Waals surface area contributed by atoms with Gasteiger partial charge in [0.1, 0.15) is 31.1 Å². The van der Waals surface area contributed by atoms with Gasteiger partial charge in [-0.25, -0.2) is 34.5 Å². The number of carbonyl (C=O) groups is 7. The smallest absolute Gasteiger partial charge is 0.326 e. The van der Waals surface area contributed by atoms with Crippen molar-refractivity contribution in [1.82, 2.24) is 51.8 Å². The summed E-state index contributed by atoms with van der Waals surface area (Å²) in [4.78, 5) is 133. The molecule has 9 rings (SSSR count). The number of carboxylic acid groups (broad SMARTS) is 2. The quantitative estimate of drug-likeness (QED) is 0.0244. The van der Waals surface area contributed by atoms with Crippen LogP contribution in [0.4, 0.5) is 11.6 Å². The second-order valence-corrected chi connectivity index (χ2v) is 28.4. The number of ether oxygens (including phenoxy) is 4. The van der Waals surface area contributed by atoms with Gasteiger partial charge in [0.2, 0.25) is 17.8 Å².